The number of carbonyl (C=O) groups is 2. The Morgan fingerprint density at radius 3 is 2.38 bits per heavy atom. The smallest absolute Gasteiger partial charge is 0.433 e. The van der Waals surface area contributed by atoms with Crippen LogP contribution in [-0.2, 0) is 9.53 Å². The van der Waals surface area contributed by atoms with Crippen LogP contribution in [0.3, 0.4) is 0 Å². The summed E-state index contributed by atoms with van der Waals surface area (Å²) in [5.41, 5.74) is -0.321. The standard InChI is InChI=1S/C17H21NO6/c1-17(2,12-3-7-14(19)8-4-12)11-23-16(20)24-15-9-5-13(6-10-15)18(21)22/h5-6,9-10,12H,3-4,7-8,11H2,1-2H3. The van der Waals surface area contributed by atoms with E-state index in [0.29, 0.717) is 24.5 Å². The number of hydrogen-bond acceptors (Lipinski definition) is 6. The van der Waals surface area contributed by atoms with Gasteiger partial charge in [0.05, 0.1) is 4.92 Å². The fourth-order valence-corrected chi connectivity index (χ4v) is 2.85. The van der Waals surface area contributed by atoms with Crippen molar-refractivity contribution in [3.63, 3.8) is 0 Å². The molecule has 0 unspecified atom stereocenters. The number of carbonyl (C=O) groups excluding carboxylic acids is 2. The van der Waals surface area contributed by atoms with Crippen LogP contribution >= 0.6 is 0 Å². The molecular formula is C17H21NO6. The quantitative estimate of drug-likeness (QED) is 0.350. The van der Waals surface area contributed by atoms with Gasteiger partial charge >= 0.3 is 6.16 Å². The van der Waals surface area contributed by atoms with Gasteiger partial charge in [-0.25, -0.2) is 4.79 Å². The lowest BCUT2D eigenvalue weighted by atomic mass is 9.71. The topological polar surface area (TPSA) is 95.7 Å². The first-order chi connectivity index (χ1) is 11.3. The summed E-state index contributed by atoms with van der Waals surface area (Å²) in [6.45, 7) is 4.21. The van der Waals surface area contributed by atoms with Gasteiger partial charge in [0.2, 0.25) is 0 Å². The summed E-state index contributed by atoms with van der Waals surface area (Å²) in [5.74, 6) is 0.801. The van der Waals surface area contributed by atoms with Crippen molar-refractivity contribution >= 4 is 17.6 Å². The second-order valence-electron chi connectivity index (χ2n) is 6.69. The van der Waals surface area contributed by atoms with Crippen molar-refractivity contribution < 1.29 is 24.0 Å². The van der Waals surface area contributed by atoms with Crippen LogP contribution in [0, 0.1) is 21.4 Å². The van der Waals surface area contributed by atoms with E-state index in [4.69, 9.17) is 9.47 Å². The summed E-state index contributed by atoms with van der Waals surface area (Å²) < 4.78 is 10.2. The number of nitro groups is 1. The molecule has 1 aliphatic carbocycles. The van der Waals surface area contributed by atoms with E-state index in [2.05, 4.69) is 0 Å². The number of rotatable bonds is 5. The molecule has 0 bridgehead atoms. The molecule has 0 heterocycles. The van der Waals surface area contributed by atoms with Crippen LogP contribution in [0.4, 0.5) is 10.5 Å². The summed E-state index contributed by atoms with van der Waals surface area (Å²) in [5, 5.41) is 10.6. The van der Waals surface area contributed by atoms with Gasteiger partial charge < -0.3 is 9.47 Å². The van der Waals surface area contributed by atoms with Gasteiger partial charge in [-0.15, -0.1) is 0 Å². The molecule has 7 heteroatoms. The fourth-order valence-electron chi connectivity index (χ4n) is 2.85. The maximum absolute atomic E-state index is 11.8. The highest BCUT2D eigenvalue weighted by Gasteiger charge is 2.34. The Labute approximate surface area is 140 Å². The lowest BCUT2D eigenvalue weighted by molar-refractivity contribution is -0.384. The second kappa shape index (κ2) is 7.42. The molecule has 0 atom stereocenters. The summed E-state index contributed by atoms with van der Waals surface area (Å²) in [6, 6.07) is 5.20. The molecule has 0 radical (unpaired) electrons. The highest BCUT2D eigenvalue weighted by Crippen LogP contribution is 2.37. The molecule has 0 saturated heterocycles. The van der Waals surface area contributed by atoms with Gasteiger partial charge in [-0.1, -0.05) is 13.8 Å². The maximum Gasteiger partial charge on any atom is 0.513 e. The summed E-state index contributed by atoms with van der Waals surface area (Å²) in [6.07, 6.45) is 1.95. The number of Topliss-reactive ketones (excluding diaryl/α,β-unsaturated/α-hetero) is 1. The van der Waals surface area contributed by atoms with Crippen LogP contribution < -0.4 is 4.74 Å². The minimum atomic E-state index is -0.844. The summed E-state index contributed by atoms with van der Waals surface area (Å²) in [7, 11) is 0. The molecular weight excluding hydrogens is 314 g/mol. The van der Waals surface area contributed by atoms with E-state index in [1.165, 1.54) is 24.3 Å². The van der Waals surface area contributed by atoms with Crippen molar-refractivity contribution in [2.45, 2.75) is 39.5 Å². The van der Waals surface area contributed by atoms with Crippen LogP contribution in [0.15, 0.2) is 24.3 Å². The Hall–Kier alpha value is -2.44. The highest BCUT2D eigenvalue weighted by molar-refractivity contribution is 5.79. The van der Waals surface area contributed by atoms with E-state index in [9.17, 15) is 19.7 Å². The molecule has 1 saturated carbocycles. The third-order valence-corrected chi connectivity index (χ3v) is 4.46. The average molecular weight is 335 g/mol. The minimum Gasteiger partial charge on any atom is -0.433 e. The maximum atomic E-state index is 11.8. The third kappa shape index (κ3) is 4.78. The number of ether oxygens (including phenoxy) is 2. The second-order valence-corrected chi connectivity index (χ2v) is 6.69. The molecule has 130 valence electrons. The normalized spacial score (nSPS) is 15.8. The Morgan fingerprint density at radius 2 is 1.83 bits per heavy atom. The SMILES string of the molecule is CC(C)(COC(=O)Oc1ccc([N+](=O)[O-])cc1)C1CCC(=O)CC1. The van der Waals surface area contributed by atoms with Crippen molar-refractivity contribution in [1.29, 1.82) is 0 Å². The van der Waals surface area contributed by atoms with Crippen LogP contribution in [0.5, 0.6) is 5.75 Å². The van der Waals surface area contributed by atoms with E-state index >= 15 is 0 Å². The molecule has 2 rings (SSSR count). The van der Waals surface area contributed by atoms with Crippen molar-refractivity contribution in [1.82, 2.24) is 0 Å². The van der Waals surface area contributed by atoms with Gasteiger partial charge in [-0.2, -0.15) is 0 Å². The van der Waals surface area contributed by atoms with Crippen LogP contribution in [0.2, 0.25) is 0 Å². The lowest BCUT2D eigenvalue weighted by Crippen LogP contribution is -2.33. The highest BCUT2D eigenvalue weighted by atomic mass is 16.7. The third-order valence-electron chi connectivity index (χ3n) is 4.46. The predicted molar refractivity (Wildman–Crippen MR) is 85.8 cm³/mol. The summed E-state index contributed by atoms with van der Waals surface area (Å²) >= 11 is 0. The zero-order chi connectivity index (χ0) is 17.7. The van der Waals surface area contributed by atoms with E-state index in [-0.39, 0.29) is 23.5 Å². The molecule has 1 aliphatic rings. The van der Waals surface area contributed by atoms with Crippen molar-refractivity contribution in [3.8, 4) is 5.75 Å². The number of hydrogen-bond donors (Lipinski definition) is 0. The molecule has 1 fully saturated rings. The van der Waals surface area contributed by atoms with E-state index in [0.717, 1.165) is 12.8 Å². The Morgan fingerprint density at radius 1 is 1.25 bits per heavy atom. The van der Waals surface area contributed by atoms with Gasteiger partial charge in [-0.05, 0) is 30.9 Å². The molecule has 0 aromatic heterocycles. The average Bonchev–Trinajstić information content (AvgIpc) is 2.54. The van der Waals surface area contributed by atoms with Gasteiger partial charge in [0.15, 0.2) is 0 Å². The van der Waals surface area contributed by atoms with Crippen molar-refractivity contribution in [2.75, 3.05) is 6.61 Å². The van der Waals surface area contributed by atoms with Crippen molar-refractivity contribution in [3.05, 3.63) is 34.4 Å². The Kier molecular flexibility index (Phi) is 5.54. The van der Waals surface area contributed by atoms with Gasteiger partial charge in [0, 0.05) is 30.4 Å². The van der Waals surface area contributed by atoms with Gasteiger partial charge in [0.25, 0.3) is 5.69 Å². The van der Waals surface area contributed by atoms with Crippen LogP contribution in [0.25, 0.3) is 0 Å². The van der Waals surface area contributed by atoms with E-state index in [1.807, 2.05) is 13.8 Å². The number of ketones is 1. The molecule has 1 aromatic carbocycles. The fraction of sp³-hybridized carbons (Fsp3) is 0.529. The molecule has 0 amide bonds. The van der Waals surface area contributed by atoms with E-state index < -0.39 is 11.1 Å². The first kappa shape index (κ1) is 17.9. The number of nitro benzene ring substituents is 1. The van der Waals surface area contributed by atoms with Gasteiger partial charge in [0.1, 0.15) is 18.1 Å². The molecule has 7 nitrogen and oxygen atoms in total. The minimum absolute atomic E-state index is 0.0799. The molecule has 1 aromatic rings. The number of nitrogens with zero attached hydrogens (tertiary/aromatic N) is 1. The Balaban J connectivity index is 1.83. The van der Waals surface area contributed by atoms with Crippen LogP contribution in [0.1, 0.15) is 39.5 Å². The predicted octanol–water partition coefficient (Wildman–Crippen LogP) is 3.90. The monoisotopic (exact) mass is 335 g/mol. The zero-order valence-corrected chi connectivity index (χ0v) is 13.8. The molecule has 0 N–H and O–H groups in total. The van der Waals surface area contributed by atoms with E-state index in [1.54, 1.807) is 0 Å². The largest absolute Gasteiger partial charge is 0.513 e. The van der Waals surface area contributed by atoms with Crippen molar-refractivity contribution in [2.24, 2.45) is 11.3 Å². The zero-order valence-electron chi connectivity index (χ0n) is 13.8. The lowest BCUT2D eigenvalue weighted by Gasteiger charge is -2.35. The Bertz CT molecular complexity index is 612. The number of benzene rings is 1. The molecule has 0 spiro atoms. The summed E-state index contributed by atoms with van der Waals surface area (Å²) in [4.78, 5) is 33.1. The first-order valence-electron chi connectivity index (χ1n) is 7.89. The van der Waals surface area contributed by atoms with Crippen LogP contribution in [-0.4, -0.2) is 23.5 Å². The first-order valence-corrected chi connectivity index (χ1v) is 7.89. The van der Waals surface area contributed by atoms with Gasteiger partial charge in [-0.3, -0.25) is 14.9 Å². The molecule has 0 aliphatic heterocycles. The number of non-ortho nitro benzene ring substituents is 1. The molecule has 24 heavy (non-hydrogen) atoms.